The van der Waals surface area contributed by atoms with Gasteiger partial charge in [0, 0.05) is 11.6 Å². The van der Waals surface area contributed by atoms with Gasteiger partial charge in [-0.3, -0.25) is 0 Å². The minimum Gasteiger partial charge on any atom is -0.507 e. The van der Waals surface area contributed by atoms with Gasteiger partial charge in [-0.1, -0.05) is 30.3 Å². The van der Waals surface area contributed by atoms with Crippen molar-refractivity contribution >= 4 is 23.7 Å². The Labute approximate surface area is 145 Å². The van der Waals surface area contributed by atoms with E-state index in [2.05, 4.69) is 0 Å². The molecule has 3 N–H and O–H groups in total. The van der Waals surface area contributed by atoms with E-state index in [9.17, 15) is 5.11 Å². The van der Waals surface area contributed by atoms with Crippen LogP contribution in [0.2, 0.25) is 0 Å². The Morgan fingerprint density at radius 2 is 1.87 bits per heavy atom. The normalized spacial score (nSPS) is 11.5. The zero-order chi connectivity index (χ0) is 15.4. The Bertz CT molecular complexity index is 732. The summed E-state index contributed by atoms with van der Waals surface area (Å²) >= 11 is 1.59. The number of phenolic OH excluding ortho intramolecular Hbond substituents is 1. The Morgan fingerprint density at radius 1 is 1.09 bits per heavy atom. The molecule has 120 valence electrons. The average molecular weight is 348 g/mol. The maximum absolute atomic E-state index is 10.2. The van der Waals surface area contributed by atoms with Gasteiger partial charge in [0.1, 0.15) is 18.1 Å². The van der Waals surface area contributed by atoms with Crippen LogP contribution in [0, 0.1) is 0 Å². The molecular formula is C18H18ClNO2S. The van der Waals surface area contributed by atoms with Gasteiger partial charge in [-0.05, 0) is 40.1 Å². The van der Waals surface area contributed by atoms with E-state index in [4.69, 9.17) is 10.5 Å². The third-order valence-corrected chi connectivity index (χ3v) is 4.19. The summed E-state index contributed by atoms with van der Waals surface area (Å²) in [5.41, 5.74) is 8.96. The van der Waals surface area contributed by atoms with E-state index in [1.54, 1.807) is 17.4 Å². The minimum atomic E-state index is -0.325. The van der Waals surface area contributed by atoms with Gasteiger partial charge < -0.3 is 15.6 Å². The summed E-state index contributed by atoms with van der Waals surface area (Å²) in [7, 11) is 0. The molecule has 0 saturated heterocycles. The van der Waals surface area contributed by atoms with Crippen LogP contribution in [-0.2, 0) is 6.61 Å². The van der Waals surface area contributed by atoms with Crippen LogP contribution in [0.5, 0.6) is 11.5 Å². The van der Waals surface area contributed by atoms with Gasteiger partial charge in [0.25, 0.3) is 0 Å². The van der Waals surface area contributed by atoms with Gasteiger partial charge in [0.15, 0.2) is 0 Å². The smallest absolute Gasteiger partial charge is 0.124 e. The largest absolute Gasteiger partial charge is 0.507 e. The number of rotatable bonds is 5. The molecular weight excluding hydrogens is 330 g/mol. The number of hydrogen-bond donors (Lipinski definition) is 2. The fourth-order valence-corrected chi connectivity index (χ4v) is 2.95. The molecule has 1 heterocycles. The molecule has 0 bridgehead atoms. The number of hydrogen-bond acceptors (Lipinski definition) is 4. The van der Waals surface area contributed by atoms with Crippen molar-refractivity contribution in [3.8, 4) is 11.5 Å². The Balaban J connectivity index is 0.00000192. The van der Waals surface area contributed by atoms with E-state index in [-0.39, 0.29) is 24.2 Å². The first-order chi connectivity index (χ1) is 10.7. The summed E-state index contributed by atoms with van der Waals surface area (Å²) in [4.78, 5) is 0. The van der Waals surface area contributed by atoms with Crippen molar-refractivity contribution in [3.63, 3.8) is 0 Å². The third-order valence-electron chi connectivity index (χ3n) is 3.49. The predicted molar refractivity (Wildman–Crippen MR) is 96.5 cm³/mol. The molecule has 0 amide bonds. The molecule has 2 aromatic carbocycles. The van der Waals surface area contributed by atoms with Crippen molar-refractivity contribution in [2.75, 3.05) is 0 Å². The molecule has 3 aromatic rings. The first kappa shape index (κ1) is 17.3. The van der Waals surface area contributed by atoms with Gasteiger partial charge in [-0.15, -0.1) is 12.4 Å². The fraction of sp³-hybridized carbons (Fsp3) is 0.111. The van der Waals surface area contributed by atoms with E-state index in [0.29, 0.717) is 17.9 Å². The fourth-order valence-electron chi connectivity index (χ4n) is 2.25. The quantitative estimate of drug-likeness (QED) is 0.714. The molecule has 0 unspecified atom stereocenters. The first-order valence-electron chi connectivity index (χ1n) is 7.01. The number of aromatic hydroxyl groups is 1. The van der Waals surface area contributed by atoms with Gasteiger partial charge in [-0.2, -0.15) is 11.3 Å². The molecule has 0 saturated carbocycles. The molecule has 0 fully saturated rings. The second-order valence-electron chi connectivity index (χ2n) is 5.03. The summed E-state index contributed by atoms with van der Waals surface area (Å²) in [5, 5.41) is 14.2. The second kappa shape index (κ2) is 8.02. The molecule has 0 aliphatic heterocycles. The second-order valence-corrected chi connectivity index (χ2v) is 5.81. The topological polar surface area (TPSA) is 55.5 Å². The number of thiophene rings is 1. The summed E-state index contributed by atoms with van der Waals surface area (Å²) in [5.74, 6) is 0.784. The van der Waals surface area contributed by atoms with Crippen LogP contribution in [0.3, 0.4) is 0 Å². The van der Waals surface area contributed by atoms with E-state index in [1.807, 2.05) is 59.3 Å². The first-order valence-corrected chi connectivity index (χ1v) is 7.95. The lowest BCUT2D eigenvalue weighted by atomic mass is 10.0. The molecule has 0 radical (unpaired) electrons. The Hall–Kier alpha value is -2.01. The van der Waals surface area contributed by atoms with Crippen LogP contribution in [0.4, 0.5) is 0 Å². The number of nitrogens with two attached hydrogens (primary N) is 1. The maximum Gasteiger partial charge on any atom is 0.124 e. The third kappa shape index (κ3) is 4.26. The average Bonchev–Trinajstić information content (AvgIpc) is 3.08. The highest BCUT2D eigenvalue weighted by molar-refractivity contribution is 7.08. The number of halogens is 1. The highest BCUT2D eigenvalue weighted by atomic mass is 35.5. The molecule has 5 heteroatoms. The number of ether oxygens (including phenoxy) is 1. The van der Waals surface area contributed by atoms with Crippen molar-refractivity contribution in [2.24, 2.45) is 5.73 Å². The van der Waals surface area contributed by atoms with Crippen molar-refractivity contribution in [1.29, 1.82) is 0 Å². The minimum absolute atomic E-state index is 0. The molecule has 3 rings (SSSR count). The van der Waals surface area contributed by atoms with Gasteiger partial charge >= 0.3 is 0 Å². The lowest BCUT2D eigenvalue weighted by Gasteiger charge is -2.14. The van der Waals surface area contributed by atoms with E-state index >= 15 is 0 Å². The molecule has 23 heavy (non-hydrogen) atoms. The molecule has 1 atom stereocenters. The van der Waals surface area contributed by atoms with Gasteiger partial charge in [0.05, 0.1) is 6.04 Å². The predicted octanol–water partition coefficient (Wildman–Crippen LogP) is 4.50. The van der Waals surface area contributed by atoms with Crippen molar-refractivity contribution in [3.05, 3.63) is 82.0 Å². The summed E-state index contributed by atoms with van der Waals surface area (Å²) in [6, 6.07) is 16.8. The lowest BCUT2D eigenvalue weighted by molar-refractivity contribution is 0.304. The summed E-state index contributed by atoms with van der Waals surface area (Å²) in [6.07, 6.45) is 0. The highest BCUT2D eigenvalue weighted by Gasteiger charge is 2.14. The van der Waals surface area contributed by atoms with Crippen LogP contribution < -0.4 is 10.5 Å². The zero-order valence-electron chi connectivity index (χ0n) is 12.4. The monoisotopic (exact) mass is 347 g/mol. The molecule has 0 spiro atoms. The molecule has 3 nitrogen and oxygen atoms in total. The number of benzene rings is 2. The highest BCUT2D eigenvalue weighted by Crippen LogP contribution is 2.31. The van der Waals surface area contributed by atoms with Crippen molar-refractivity contribution < 1.29 is 9.84 Å². The molecule has 0 aliphatic carbocycles. The number of phenols is 1. The van der Waals surface area contributed by atoms with Crippen LogP contribution in [0.15, 0.2) is 65.4 Å². The van der Waals surface area contributed by atoms with E-state index in [1.165, 1.54) is 0 Å². The maximum atomic E-state index is 10.2. The lowest BCUT2D eigenvalue weighted by Crippen LogP contribution is -2.11. The molecule has 0 aliphatic rings. The Kier molecular flexibility index (Phi) is 6.04. The van der Waals surface area contributed by atoms with Gasteiger partial charge in [0.2, 0.25) is 0 Å². The van der Waals surface area contributed by atoms with Crippen LogP contribution in [-0.4, -0.2) is 5.11 Å². The van der Waals surface area contributed by atoms with Crippen molar-refractivity contribution in [1.82, 2.24) is 0 Å². The standard InChI is InChI=1S/C18H17NO2S.ClH/c19-18(14-8-9-22-12-14)16-7-6-15(10-17(16)20)21-11-13-4-2-1-3-5-13;/h1-10,12,18,20H,11,19H2;1H/t18-;/m0./s1. The summed E-state index contributed by atoms with van der Waals surface area (Å²) in [6.45, 7) is 0.468. The van der Waals surface area contributed by atoms with E-state index in [0.717, 1.165) is 11.1 Å². The van der Waals surface area contributed by atoms with Gasteiger partial charge in [-0.25, -0.2) is 0 Å². The van der Waals surface area contributed by atoms with Crippen LogP contribution in [0.25, 0.3) is 0 Å². The summed E-state index contributed by atoms with van der Waals surface area (Å²) < 4.78 is 5.70. The van der Waals surface area contributed by atoms with Crippen LogP contribution >= 0.6 is 23.7 Å². The Morgan fingerprint density at radius 3 is 2.52 bits per heavy atom. The SMILES string of the molecule is Cl.N[C@@H](c1ccsc1)c1ccc(OCc2ccccc2)cc1O. The molecule has 1 aromatic heterocycles. The van der Waals surface area contributed by atoms with Crippen LogP contribution in [0.1, 0.15) is 22.7 Å². The zero-order valence-corrected chi connectivity index (χ0v) is 14.0. The van der Waals surface area contributed by atoms with E-state index < -0.39 is 0 Å². The van der Waals surface area contributed by atoms with Crippen molar-refractivity contribution in [2.45, 2.75) is 12.6 Å².